The molecule has 0 fully saturated rings. The van der Waals surface area contributed by atoms with Gasteiger partial charge in [-0.1, -0.05) is 64.4 Å². The highest BCUT2D eigenvalue weighted by molar-refractivity contribution is 5.81. The Morgan fingerprint density at radius 3 is 2.20 bits per heavy atom. The summed E-state index contributed by atoms with van der Waals surface area (Å²) in [4.78, 5) is 28.9. The van der Waals surface area contributed by atoms with Crippen LogP contribution in [0.25, 0.3) is 0 Å². The number of carbonyl (C=O) groups excluding carboxylic acids is 1. The average molecular weight is 348 g/mol. The minimum absolute atomic E-state index is 0.101. The average Bonchev–Trinajstić information content (AvgIpc) is 2.60. The topological polar surface area (TPSA) is 70.5 Å². The first-order valence-corrected chi connectivity index (χ1v) is 9.53. The van der Waals surface area contributed by atoms with Crippen molar-refractivity contribution >= 4 is 11.9 Å². The van der Waals surface area contributed by atoms with Crippen LogP contribution in [0.15, 0.2) is 24.4 Å². The van der Waals surface area contributed by atoms with Crippen molar-refractivity contribution in [2.24, 2.45) is 0 Å². The number of unbranched alkanes of at least 4 members (excludes halogenated alkanes) is 8. The van der Waals surface area contributed by atoms with Crippen LogP contribution in [-0.4, -0.2) is 33.4 Å². The lowest BCUT2D eigenvalue weighted by Crippen LogP contribution is -2.35. The number of aromatic nitrogens is 1. The molecule has 25 heavy (non-hydrogen) atoms. The molecule has 140 valence electrons. The van der Waals surface area contributed by atoms with E-state index in [0.717, 1.165) is 19.3 Å². The summed E-state index contributed by atoms with van der Waals surface area (Å²) in [7, 11) is 0. The van der Waals surface area contributed by atoms with Crippen LogP contribution in [-0.2, 0) is 16.1 Å². The van der Waals surface area contributed by atoms with Crippen molar-refractivity contribution in [1.29, 1.82) is 0 Å². The number of hydrogen-bond donors (Lipinski definition) is 1. The summed E-state index contributed by atoms with van der Waals surface area (Å²) in [5.74, 6) is -1.09. The molecular weight excluding hydrogens is 316 g/mol. The van der Waals surface area contributed by atoms with E-state index in [2.05, 4.69) is 11.9 Å². The first-order chi connectivity index (χ1) is 12.1. The second-order valence-corrected chi connectivity index (χ2v) is 6.54. The van der Waals surface area contributed by atoms with Gasteiger partial charge in [-0.3, -0.25) is 14.6 Å². The largest absolute Gasteiger partial charge is 0.480 e. The summed E-state index contributed by atoms with van der Waals surface area (Å²) in [5, 5.41) is 9.03. The van der Waals surface area contributed by atoms with Crippen LogP contribution in [0, 0.1) is 0 Å². The lowest BCUT2D eigenvalue weighted by molar-refractivity contribution is -0.145. The summed E-state index contributed by atoms with van der Waals surface area (Å²) in [6, 6.07) is 5.45. The van der Waals surface area contributed by atoms with Crippen molar-refractivity contribution in [2.75, 3.05) is 6.54 Å². The van der Waals surface area contributed by atoms with Crippen molar-refractivity contribution in [3.05, 3.63) is 30.1 Å². The van der Waals surface area contributed by atoms with Gasteiger partial charge in [0.25, 0.3) is 0 Å². The van der Waals surface area contributed by atoms with Gasteiger partial charge in [0.2, 0.25) is 5.91 Å². The Kier molecular flexibility index (Phi) is 11.3. The van der Waals surface area contributed by atoms with Crippen LogP contribution in [0.4, 0.5) is 0 Å². The number of carboxylic acids is 1. The molecule has 0 aliphatic rings. The van der Waals surface area contributed by atoms with Crippen molar-refractivity contribution in [3.8, 4) is 0 Å². The van der Waals surface area contributed by atoms with Crippen LogP contribution in [0.5, 0.6) is 0 Å². The lowest BCUT2D eigenvalue weighted by atomic mass is 10.1. The minimum atomic E-state index is -0.989. The molecule has 5 nitrogen and oxygen atoms in total. The van der Waals surface area contributed by atoms with Crippen molar-refractivity contribution < 1.29 is 14.7 Å². The van der Waals surface area contributed by atoms with Crippen molar-refractivity contribution in [3.63, 3.8) is 0 Å². The number of nitrogens with zero attached hydrogens (tertiary/aromatic N) is 2. The smallest absolute Gasteiger partial charge is 0.323 e. The molecule has 0 aliphatic heterocycles. The highest BCUT2D eigenvalue weighted by Crippen LogP contribution is 2.12. The van der Waals surface area contributed by atoms with Gasteiger partial charge in [-0.2, -0.15) is 0 Å². The van der Waals surface area contributed by atoms with E-state index in [0.29, 0.717) is 12.1 Å². The molecule has 0 saturated carbocycles. The highest BCUT2D eigenvalue weighted by atomic mass is 16.4. The van der Waals surface area contributed by atoms with E-state index in [4.69, 9.17) is 5.11 Å². The van der Waals surface area contributed by atoms with Gasteiger partial charge in [0, 0.05) is 12.6 Å². The Balaban J connectivity index is 2.25. The van der Waals surface area contributed by atoms with Gasteiger partial charge in [0.15, 0.2) is 0 Å². The zero-order chi connectivity index (χ0) is 18.3. The summed E-state index contributed by atoms with van der Waals surface area (Å²) in [6.45, 7) is 2.20. The number of carboxylic acid groups (broad SMARTS) is 1. The first-order valence-electron chi connectivity index (χ1n) is 9.53. The molecule has 0 spiro atoms. The van der Waals surface area contributed by atoms with Crippen LogP contribution in [0.1, 0.15) is 76.8 Å². The molecule has 1 rings (SSSR count). The molecule has 0 unspecified atom stereocenters. The third kappa shape index (κ3) is 10.5. The number of amides is 1. The fourth-order valence-corrected chi connectivity index (χ4v) is 2.83. The second kappa shape index (κ2) is 13.4. The molecule has 0 saturated heterocycles. The zero-order valence-electron chi connectivity index (χ0n) is 15.5. The summed E-state index contributed by atoms with van der Waals surface area (Å²) in [6.07, 6.45) is 12.8. The van der Waals surface area contributed by atoms with Crippen molar-refractivity contribution in [1.82, 2.24) is 9.88 Å². The van der Waals surface area contributed by atoms with Crippen LogP contribution < -0.4 is 0 Å². The summed E-state index contributed by atoms with van der Waals surface area (Å²) >= 11 is 0. The first kappa shape index (κ1) is 21.1. The standard InChI is InChI=1S/C20H32N2O3/c1-2-3-4-5-6-7-8-9-10-14-19(23)22(17-20(24)25)16-18-13-11-12-15-21-18/h11-13,15H,2-10,14,16-17H2,1H3,(H,24,25). The van der Waals surface area contributed by atoms with E-state index in [1.165, 1.54) is 43.4 Å². The molecule has 1 heterocycles. The van der Waals surface area contributed by atoms with E-state index < -0.39 is 5.97 Å². The molecule has 5 heteroatoms. The predicted octanol–water partition coefficient (Wildman–Crippen LogP) is 4.42. The molecular formula is C20H32N2O3. The van der Waals surface area contributed by atoms with Crippen LogP contribution in [0.3, 0.4) is 0 Å². The molecule has 0 atom stereocenters. The number of rotatable bonds is 14. The molecule has 1 amide bonds. The van der Waals surface area contributed by atoms with Gasteiger partial charge >= 0.3 is 5.97 Å². The molecule has 0 radical (unpaired) electrons. The Hall–Kier alpha value is -1.91. The van der Waals surface area contributed by atoms with E-state index in [9.17, 15) is 9.59 Å². The number of hydrogen-bond acceptors (Lipinski definition) is 3. The Morgan fingerprint density at radius 2 is 1.64 bits per heavy atom. The normalized spacial score (nSPS) is 10.6. The van der Waals surface area contributed by atoms with E-state index in [1.54, 1.807) is 18.3 Å². The third-order valence-electron chi connectivity index (χ3n) is 4.25. The third-order valence-corrected chi connectivity index (χ3v) is 4.25. The fraction of sp³-hybridized carbons (Fsp3) is 0.650. The molecule has 1 N–H and O–H groups in total. The monoisotopic (exact) mass is 348 g/mol. The number of pyridine rings is 1. The van der Waals surface area contributed by atoms with E-state index in [-0.39, 0.29) is 19.0 Å². The van der Waals surface area contributed by atoms with Crippen LogP contribution >= 0.6 is 0 Å². The van der Waals surface area contributed by atoms with Gasteiger partial charge in [-0.15, -0.1) is 0 Å². The van der Waals surface area contributed by atoms with Gasteiger partial charge in [0.1, 0.15) is 6.54 Å². The van der Waals surface area contributed by atoms with Gasteiger partial charge in [-0.25, -0.2) is 0 Å². The fourth-order valence-electron chi connectivity index (χ4n) is 2.83. The second-order valence-electron chi connectivity index (χ2n) is 6.54. The maximum Gasteiger partial charge on any atom is 0.323 e. The SMILES string of the molecule is CCCCCCCCCCCC(=O)N(CC(=O)O)Cc1ccccn1. The number of carbonyl (C=O) groups is 2. The maximum atomic E-state index is 12.3. The zero-order valence-corrected chi connectivity index (χ0v) is 15.5. The van der Waals surface area contributed by atoms with E-state index >= 15 is 0 Å². The highest BCUT2D eigenvalue weighted by Gasteiger charge is 2.17. The van der Waals surface area contributed by atoms with Crippen LogP contribution in [0.2, 0.25) is 0 Å². The van der Waals surface area contributed by atoms with Gasteiger partial charge < -0.3 is 10.0 Å². The number of aliphatic carboxylic acids is 1. The quantitative estimate of drug-likeness (QED) is 0.505. The minimum Gasteiger partial charge on any atom is -0.480 e. The lowest BCUT2D eigenvalue weighted by Gasteiger charge is -2.20. The molecule has 0 aromatic carbocycles. The van der Waals surface area contributed by atoms with Gasteiger partial charge in [-0.05, 0) is 18.6 Å². The van der Waals surface area contributed by atoms with Gasteiger partial charge in [0.05, 0.1) is 12.2 Å². The Bertz CT molecular complexity index is 491. The maximum absolute atomic E-state index is 12.3. The molecule has 1 aromatic rings. The molecule has 0 bridgehead atoms. The summed E-state index contributed by atoms with van der Waals surface area (Å²) < 4.78 is 0. The molecule has 1 aromatic heterocycles. The summed E-state index contributed by atoms with van der Waals surface area (Å²) in [5.41, 5.74) is 0.712. The molecule has 0 aliphatic carbocycles. The Morgan fingerprint density at radius 1 is 1.00 bits per heavy atom. The predicted molar refractivity (Wildman–Crippen MR) is 99.1 cm³/mol. The van der Waals surface area contributed by atoms with Crippen molar-refractivity contribution in [2.45, 2.75) is 77.7 Å². The Labute approximate surface area is 151 Å². The van der Waals surface area contributed by atoms with E-state index in [1.807, 2.05) is 6.07 Å².